The van der Waals surface area contributed by atoms with Crippen LogP contribution in [0.4, 0.5) is 0 Å². The van der Waals surface area contributed by atoms with Gasteiger partial charge in [-0.3, -0.25) is 0 Å². The smallest absolute Gasteiger partial charge is 0.119 e. The van der Waals surface area contributed by atoms with E-state index in [1.54, 1.807) is 13.2 Å². The second-order valence-electron chi connectivity index (χ2n) is 10.7. The van der Waals surface area contributed by atoms with E-state index in [2.05, 4.69) is 37.4 Å². The van der Waals surface area contributed by atoms with Gasteiger partial charge in [0.2, 0.25) is 0 Å². The number of hydrogen-bond acceptors (Lipinski definition) is 4. The zero-order valence-electron chi connectivity index (χ0n) is 19.6. The van der Waals surface area contributed by atoms with Crippen molar-refractivity contribution in [2.75, 3.05) is 7.11 Å². The summed E-state index contributed by atoms with van der Waals surface area (Å²) in [4.78, 5) is 0. The Morgan fingerprint density at radius 3 is 2.78 bits per heavy atom. The molecule has 0 amide bonds. The molecule has 3 N–H and O–H groups in total. The number of aliphatic hydroxyl groups is 1. The summed E-state index contributed by atoms with van der Waals surface area (Å²) in [5, 5.41) is 25.3. The van der Waals surface area contributed by atoms with Gasteiger partial charge in [-0.15, -0.1) is 0 Å². The Morgan fingerprint density at radius 2 is 2.00 bits per heavy atom. The van der Waals surface area contributed by atoms with Crippen LogP contribution >= 0.6 is 0 Å². The van der Waals surface area contributed by atoms with Crippen LogP contribution in [0.25, 0.3) is 0 Å². The van der Waals surface area contributed by atoms with Crippen molar-refractivity contribution in [3.63, 3.8) is 0 Å². The topological polar surface area (TPSA) is 61.7 Å². The van der Waals surface area contributed by atoms with E-state index >= 15 is 0 Å². The lowest BCUT2D eigenvalue weighted by Gasteiger charge is -2.50. The van der Waals surface area contributed by atoms with Crippen molar-refractivity contribution in [2.45, 2.75) is 76.5 Å². The molecule has 0 spiro atoms. The normalized spacial score (nSPS) is 34.3. The van der Waals surface area contributed by atoms with Crippen molar-refractivity contribution in [3.8, 4) is 11.5 Å². The molecule has 3 aliphatic carbocycles. The first-order chi connectivity index (χ1) is 15.4. The van der Waals surface area contributed by atoms with Gasteiger partial charge in [0.1, 0.15) is 11.5 Å². The molecule has 3 aliphatic rings. The lowest BCUT2D eigenvalue weighted by Crippen LogP contribution is -2.48. The Bertz CT molecular complexity index is 975. The molecule has 4 unspecified atom stereocenters. The minimum Gasteiger partial charge on any atom is -0.508 e. The summed E-state index contributed by atoms with van der Waals surface area (Å²) in [5.41, 5.74) is 3.92. The quantitative estimate of drug-likeness (QED) is 0.630. The van der Waals surface area contributed by atoms with Gasteiger partial charge in [-0.1, -0.05) is 31.2 Å². The van der Waals surface area contributed by atoms with E-state index < -0.39 is 0 Å². The van der Waals surface area contributed by atoms with E-state index in [1.807, 2.05) is 18.2 Å². The van der Waals surface area contributed by atoms with Crippen LogP contribution < -0.4 is 10.1 Å². The standard InChI is InChI=1S/C28H37NO3/c1-17(14-19-6-4-5-7-26(19)30)29-25-16-24-23-10-8-18-15-20(32-3)9-11-21(18)22(23)12-13-28(24,2)27(25)31/h4-7,9,11,15,17,22-25,27,29-31H,8,10,12-14,16H2,1-3H3/t17?,22?,23?,24?,25-,27+,28+/m1/s1. The van der Waals surface area contributed by atoms with E-state index in [0.29, 0.717) is 23.5 Å². The largest absolute Gasteiger partial charge is 0.508 e. The first-order valence-electron chi connectivity index (χ1n) is 12.3. The van der Waals surface area contributed by atoms with Gasteiger partial charge in [0, 0.05) is 12.1 Å². The number of methoxy groups -OCH3 is 1. The number of benzene rings is 2. The molecule has 0 bridgehead atoms. The number of nitrogens with one attached hydrogen (secondary N) is 1. The third kappa shape index (κ3) is 3.62. The van der Waals surface area contributed by atoms with Gasteiger partial charge in [0.25, 0.3) is 0 Å². The molecule has 2 saturated carbocycles. The first kappa shape index (κ1) is 21.8. The van der Waals surface area contributed by atoms with E-state index in [0.717, 1.165) is 43.4 Å². The molecule has 0 aromatic heterocycles. The van der Waals surface area contributed by atoms with Gasteiger partial charge >= 0.3 is 0 Å². The molecule has 0 heterocycles. The minimum absolute atomic E-state index is 0.0165. The number of phenols is 1. The molecule has 4 heteroatoms. The maximum absolute atomic E-state index is 11.4. The Balaban J connectivity index is 1.32. The zero-order valence-corrected chi connectivity index (χ0v) is 19.6. The van der Waals surface area contributed by atoms with Gasteiger partial charge in [-0.2, -0.15) is 0 Å². The molecule has 2 fully saturated rings. The highest BCUT2D eigenvalue weighted by molar-refractivity contribution is 5.41. The van der Waals surface area contributed by atoms with Gasteiger partial charge in [-0.25, -0.2) is 0 Å². The van der Waals surface area contributed by atoms with Crippen molar-refractivity contribution in [3.05, 3.63) is 59.2 Å². The van der Waals surface area contributed by atoms with Crippen LogP contribution in [-0.2, 0) is 12.8 Å². The predicted molar refractivity (Wildman–Crippen MR) is 127 cm³/mol. The Morgan fingerprint density at radius 1 is 1.19 bits per heavy atom. The summed E-state index contributed by atoms with van der Waals surface area (Å²) in [7, 11) is 1.74. The second kappa shape index (κ2) is 8.39. The van der Waals surface area contributed by atoms with Crippen LogP contribution in [0, 0.1) is 17.3 Å². The molecular weight excluding hydrogens is 398 g/mol. The first-order valence-corrected chi connectivity index (χ1v) is 12.3. The summed E-state index contributed by atoms with van der Waals surface area (Å²) in [6, 6.07) is 14.5. The van der Waals surface area contributed by atoms with Crippen LogP contribution in [-0.4, -0.2) is 35.5 Å². The van der Waals surface area contributed by atoms with Crippen LogP contribution in [0.15, 0.2) is 42.5 Å². The van der Waals surface area contributed by atoms with E-state index in [9.17, 15) is 10.2 Å². The number of aryl methyl sites for hydroxylation is 1. The number of rotatable bonds is 5. The molecule has 5 rings (SSSR count). The fourth-order valence-electron chi connectivity index (χ4n) is 7.30. The highest BCUT2D eigenvalue weighted by atomic mass is 16.5. The minimum atomic E-state index is -0.322. The van der Waals surface area contributed by atoms with Crippen molar-refractivity contribution >= 4 is 0 Å². The van der Waals surface area contributed by atoms with E-state index in [1.165, 1.54) is 17.5 Å². The summed E-state index contributed by atoms with van der Waals surface area (Å²) in [6.45, 7) is 4.49. The number of aromatic hydroxyl groups is 1. The maximum Gasteiger partial charge on any atom is 0.119 e. The van der Waals surface area contributed by atoms with Gasteiger partial charge in [0.05, 0.1) is 13.2 Å². The van der Waals surface area contributed by atoms with Crippen molar-refractivity contribution in [2.24, 2.45) is 17.3 Å². The van der Waals surface area contributed by atoms with Gasteiger partial charge in [0.15, 0.2) is 0 Å². The predicted octanol–water partition coefficient (Wildman–Crippen LogP) is 4.82. The number of ether oxygens (including phenoxy) is 1. The van der Waals surface area contributed by atoms with Crippen molar-refractivity contribution < 1.29 is 14.9 Å². The van der Waals surface area contributed by atoms with Crippen LogP contribution in [0.1, 0.15) is 62.1 Å². The fraction of sp³-hybridized carbons (Fsp3) is 0.571. The lowest BCUT2D eigenvalue weighted by molar-refractivity contribution is -0.0286. The molecule has 32 heavy (non-hydrogen) atoms. The molecule has 0 saturated heterocycles. The Kier molecular flexibility index (Phi) is 5.71. The van der Waals surface area contributed by atoms with E-state index in [4.69, 9.17) is 4.74 Å². The third-order valence-electron chi connectivity index (χ3n) is 8.95. The van der Waals surface area contributed by atoms with Crippen LogP contribution in [0.2, 0.25) is 0 Å². The molecule has 7 atom stereocenters. The summed E-state index contributed by atoms with van der Waals surface area (Å²) in [5.74, 6) is 3.11. The summed E-state index contributed by atoms with van der Waals surface area (Å²) in [6.07, 6.45) is 6.04. The molecular formula is C28H37NO3. The highest BCUT2D eigenvalue weighted by Crippen LogP contribution is 2.61. The monoisotopic (exact) mass is 435 g/mol. The van der Waals surface area contributed by atoms with E-state index in [-0.39, 0.29) is 23.6 Å². The average Bonchev–Trinajstić information content (AvgIpc) is 3.05. The second-order valence-corrected chi connectivity index (χ2v) is 10.7. The Hall–Kier alpha value is -2.04. The van der Waals surface area contributed by atoms with Crippen molar-refractivity contribution in [1.29, 1.82) is 0 Å². The fourth-order valence-corrected chi connectivity index (χ4v) is 7.30. The third-order valence-corrected chi connectivity index (χ3v) is 8.95. The number of hydrogen-bond donors (Lipinski definition) is 3. The zero-order chi connectivity index (χ0) is 22.5. The highest BCUT2D eigenvalue weighted by Gasteiger charge is 2.58. The number of fused-ring (bicyclic) bond motifs is 5. The number of para-hydroxylation sites is 1. The van der Waals surface area contributed by atoms with Gasteiger partial charge < -0.3 is 20.3 Å². The SMILES string of the molecule is COc1ccc2c(c1)CCC1C2CC[C@@]2(C)C1C[C@@H](NC(C)Cc1ccccc1O)[C@@H]2O. The molecule has 2 aromatic rings. The molecule has 172 valence electrons. The Labute approximate surface area is 192 Å². The number of phenolic OH excluding ortho intramolecular Hbond substituents is 1. The molecule has 0 aliphatic heterocycles. The lowest BCUT2D eigenvalue weighted by atomic mass is 9.55. The summed E-state index contributed by atoms with van der Waals surface area (Å²) < 4.78 is 5.46. The molecule has 2 aromatic carbocycles. The van der Waals surface area contributed by atoms with Crippen LogP contribution in [0.5, 0.6) is 11.5 Å². The average molecular weight is 436 g/mol. The molecule has 0 radical (unpaired) electrons. The molecule has 4 nitrogen and oxygen atoms in total. The number of aliphatic hydroxyl groups excluding tert-OH is 1. The maximum atomic E-state index is 11.4. The van der Waals surface area contributed by atoms with Gasteiger partial charge in [-0.05, 0) is 104 Å². The van der Waals surface area contributed by atoms with Crippen LogP contribution in [0.3, 0.4) is 0 Å². The van der Waals surface area contributed by atoms with Crippen molar-refractivity contribution in [1.82, 2.24) is 5.32 Å². The summed E-state index contributed by atoms with van der Waals surface area (Å²) >= 11 is 0.